The molecule has 0 unspecified atom stereocenters. The van der Waals surface area contributed by atoms with Gasteiger partial charge in [-0.05, 0) is 6.92 Å². The quantitative estimate of drug-likeness (QED) is 0.511. The van der Waals surface area contributed by atoms with Crippen molar-refractivity contribution in [1.82, 2.24) is 0 Å². The van der Waals surface area contributed by atoms with Crippen LogP contribution in [0.15, 0.2) is 0 Å². The fraction of sp³-hybridized carbons (Fsp3) is 0.875. The first-order valence-corrected chi connectivity index (χ1v) is 4.32. The Labute approximate surface area is 76.6 Å². The first-order valence-electron chi connectivity index (χ1n) is 4.32. The molecule has 0 radical (unpaired) electrons. The van der Waals surface area contributed by atoms with Crippen LogP contribution in [0.5, 0.6) is 0 Å². The topological polar surface area (TPSA) is 65.0 Å². The van der Waals surface area contributed by atoms with Gasteiger partial charge in [0.2, 0.25) is 5.79 Å². The van der Waals surface area contributed by atoms with Gasteiger partial charge in [-0.2, -0.15) is 0 Å². The first kappa shape index (κ1) is 10.3. The SMILES string of the molecule is CCOC(=O)OC1(O)CCOCC1. The maximum absolute atomic E-state index is 10.9. The van der Waals surface area contributed by atoms with E-state index >= 15 is 0 Å². The van der Waals surface area contributed by atoms with Crippen LogP contribution in [0.2, 0.25) is 0 Å². The summed E-state index contributed by atoms with van der Waals surface area (Å²) in [5.74, 6) is -1.40. The molecule has 13 heavy (non-hydrogen) atoms. The molecule has 0 aromatic heterocycles. The van der Waals surface area contributed by atoms with Crippen LogP contribution in [0.4, 0.5) is 4.79 Å². The van der Waals surface area contributed by atoms with E-state index in [4.69, 9.17) is 9.47 Å². The lowest BCUT2D eigenvalue weighted by molar-refractivity contribution is -0.215. The van der Waals surface area contributed by atoms with Gasteiger partial charge in [0.25, 0.3) is 0 Å². The van der Waals surface area contributed by atoms with Crippen LogP contribution in [0.25, 0.3) is 0 Å². The Morgan fingerprint density at radius 1 is 1.54 bits per heavy atom. The molecule has 0 saturated carbocycles. The maximum atomic E-state index is 10.9. The third-order valence-electron chi connectivity index (χ3n) is 1.81. The molecule has 1 rings (SSSR count). The Morgan fingerprint density at radius 3 is 2.69 bits per heavy atom. The summed E-state index contributed by atoms with van der Waals surface area (Å²) in [4.78, 5) is 10.9. The highest BCUT2D eigenvalue weighted by Crippen LogP contribution is 2.22. The average Bonchev–Trinajstić information content (AvgIpc) is 2.04. The molecule has 1 heterocycles. The van der Waals surface area contributed by atoms with Crippen LogP contribution < -0.4 is 0 Å². The number of rotatable bonds is 2. The van der Waals surface area contributed by atoms with Gasteiger partial charge in [0.15, 0.2) is 0 Å². The number of hydrogen-bond donors (Lipinski definition) is 1. The van der Waals surface area contributed by atoms with Crippen molar-refractivity contribution in [3.63, 3.8) is 0 Å². The Hall–Kier alpha value is -0.810. The van der Waals surface area contributed by atoms with Gasteiger partial charge in [-0.25, -0.2) is 4.79 Å². The monoisotopic (exact) mass is 190 g/mol. The Balaban J connectivity index is 2.36. The molecule has 1 fully saturated rings. The summed E-state index contributed by atoms with van der Waals surface area (Å²) in [6.45, 7) is 2.71. The minimum atomic E-state index is -1.40. The summed E-state index contributed by atoms with van der Waals surface area (Å²) in [7, 11) is 0. The van der Waals surface area contributed by atoms with E-state index in [0.29, 0.717) is 26.1 Å². The Bertz CT molecular complexity index is 173. The van der Waals surface area contributed by atoms with Crippen LogP contribution in [-0.2, 0) is 14.2 Å². The molecule has 0 atom stereocenters. The molecule has 5 heteroatoms. The van der Waals surface area contributed by atoms with Gasteiger partial charge in [-0.1, -0.05) is 0 Å². The van der Waals surface area contributed by atoms with E-state index < -0.39 is 11.9 Å². The van der Waals surface area contributed by atoms with Crippen molar-refractivity contribution in [3.8, 4) is 0 Å². The molecule has 1 aliphatic rings. The first-order chi connectivity index (χ1) is 6.16. The van der Waals surface area contributed by atoms with E-state index in [9.17, 15) is 9.90 Å². The van der Waals surface area contributed by atoms with Gasteiger partial charge in [0.1, 0.15) is 0 Å². The number of aliphatic hydroxyl groups is 1. The molecule has 0 aromatic rings. The molecule has 0 amide bonds. The third-order valence-corrected chi connectivity index (χ3v) is 1.81. The van der Waals surface area contributed by atoms with Gasteiger partial charge in [0, 0.05) is 12.8 Å². The molecule has 0 aromatic carbocycles. The van der Waals surface area contributed by atoms with Crippen molar-refractivity contribution >= 4 is 6.16 Å². The standard InChI is InChI=1S/C8H14O5/c1-2-12-7(9)13-8(10)3-5-11-6-4-8/h10H,2-6H2,1H3. The number of hydrogen-bond acceptors (Lipinski definition) is 5. The minimum Gasteiger partial charge on any atom is -0.435 e. The van der Waals surface area contributed by atoms with Crippen molar-refractivity contribution in [2.45, 2.75) is 25.6 Å². The predicted molar refractivity (Wildman–Crippen MR) is 43.1 cm³/mol. The van der Waals surface area contributed by atoms with Crippen molar-refractivity contribution in [3.05, 3.63) is 0 Å². The number of carbonyl (C=O) groups is 1. The van der Waals surface area contributed by atoms with Gasteiger partial charge in [-0.15, -0.1) is 0 Å². The normalized spacial score (nSPS) is 20.8. The molecule has 1 N–H and O–H groups in total. The molecule has 0 aliphatic carbocycles. The zero-order chi connectivity index (χ0) is 9.73. The highest BCUT2D eigenvalue weighted by Gasteiger charge is 2.34. The largest absolute Gasteiger partial charge is 0.510 e. The number of ether oxygens (including phenoxy) is 3. The maximum Gasteiger partial charge on any atom is 0.510 e. The highest BCUT2D eigenvalue weighted by atomic mass is 16.8. The van der Waals surface area contributed by atoms with Crippen LogP contribution in [0.1, 0.15) is 19.8 Å². The van der Waals surface area contributed by atoms with Gasteiger partial charge >= 0.3 is 6.16 Å². The zero-order valence-electron chi connectivity index (χ0n) is 7.62. The van der Waals surface area contributed by atoms with Crippen LogP contribution in [-0.4, -0.2) is 36.9 Å². The van der Waals surface area contributed by atoms with Gasteiger partial charge in [0.05, 0.1) is 19.8 Å². The van der Waals surface area contributed by atoms with Gasteiger partial charge in [-0.3, -0.25) is 0 Å². The second-order valence-electron chi connectivity index (χ2n) is 2.84. The van der Waals surface area contributed by atoms with Gasteiger partial charge < -0.3 is 19.3 Å². The molecule has 0 bridgehead atoms. The molecule has 76 valence electrons. The summed E-state index contributed by atoms with van der Waals surface area (Å²) in [6.07, 6.45) is -0.232. The minimum absolute atomic E-state index is 0.241. The smallest absolute Gasteiger partial charge is 0.435 e. The van der Waals surface area contributed by atoms with E-state index in [-0.39, 0.29) is 6.61 Å². The zero-order valence-corrected chi connectivity index (χ0v) is 7.62. The van der Waals surface area contributed by atoms with Crippen LogP contribution in [0, 0.1) is 0 Å². The summed E-state index contributed by atoms with van der Waals surface area (Å²) in [5, 5.41) is 9.67. The second kappa shape index (κ2) is 4.43. The molecular formula is C8H14O5. The molecule has 1 saturated heterocycles. The lowest BCUT2D eigenvalue weighted by Gasteiger charge is -2.30. The van der Waals surface area contributed by atoms with E-state index in [1.165, 1.54) is 0 Å². The third kappa shape index (κ3) is 3.20. The Morgan fingerprint density at radius 2 is 2.15 bits per heavy atom. The average molecular weight is 190 g/mol. The van der Waals surface area contributed by atoms with E-state index in [2.05, 4.69) is 4.74 Å². The molecular weight excluding hydrogens is 176 g/mol. The fourth-order valence-electron chi connectivity index (χ4n) is 1.09. The van der Waals surface area contributed by atoms with E-state index in [1.807, 2.05) is 0 Å². The van der Waals surface area contributed by atoms with Crippen LogP contribution >= 0.6 is 0 Å². The molecule has 1 aliphatic heterocycles. The lowest BCUT2D eigenvalue weighted by atomic mass is 10.1. The molecule has 5 nitrogen and oxygen atoms in total. The van der Waals surface area contributed by atoms with Crippen molar-refractivity contribution in [2.75, 3.05) is 19.8 Å². The number of carbonyl (C=O) groups excluding carboxylic acids is 1. The van der Waals surface area contributed by atoms with Crippen molar-refractivity contribution in [2.24, 2.45) is 0 Å². The second-order valence-corrected chi connectivity index (χ2v) is 2.84. The molecule has 0 spiro atoms. The summed E-state index contributed by atoms with van der Waals surface area (Å²) in [6, 6.07) is 0. The van der Waals surface area contributed by atoms with Crippen molar-refractivity contribution in [1.29, 1.82) is 0 Å². The summed E-state index contributed by atoms with van der Waals surface area (Å²) in [5.41, 5.74) is 0. The summed E-state index contributed by atoms with van der Waals surface area (Å²) < 4.78 is 14.3. The van der Waals surface area contributed by atoms with Crippen LogP contribution in [0.3, 0.4) is 0 Å². The summed E-state index contributed by atoms with van der Waals surface area (Å²) >= 11 is 0. The van der Waals surface area contributed by atoms with E-state index in [1.54, 1.807) is 6.92 Å². The Kier molecular flexibility index (Phi) is 3.50. The predicted octanol–water partition coefficient (Wildman–Crippen LogP) is 0.659. The van der Waals surface area contributed by atoms with E-state index in [0.717, 1.165) is 0 Å². The van der Waals surface area contributed by atoms with Crippen molar-refractivity contribution < 1.29 is 24.1 Å². The fourth-order valence-corrected chi connectivity index (χ4v) is 1.09. The highest BCUT2D eigenvalue weighted by molar-refractivity contribution is 5.60. The lowest BCUT2D eigenvalue weighted by Crippen LogP contribution is -2.40.